The van der Waals surface area contributed by atoms with Gasteiger partial charge in [0.15, 0.2) is 0 Å². The van der Waals surface area contributed by atoms with Crippen LogP contribution in [0.4, 0.5) is 0 Å². The summed E-state index contributed by atoms with van der Waals surface area (Å²) in [4.78, 5) is 16.6. The molecule has 1 aromatic carbocycles. The molecule has 144 valence electrons. The second-order valence-electron chi connectivity index (χ2n) is 5.50. The van der Waals surface area contributed by atoms with Gasteiger partial charge >= 0.3 is 0 Å². The molecule has 0 spiro atoms. The Morgan fingerprint density at radius 1 is 1.35 bits per heavy atom. The number of aromatic nitrogens is 1. The van der Waals surface area contributed by atoms with Crippen LogP contribution in [0.25, 0.3) is 0 Å². The molecule has 0 aliphatic carbocycles. The third-order valence-corrected chi connectivity index (χ3v) is 4.40. The lowest BCUT2D eigenvalue weighted by Gasteiger charge is -2.13. The van der Waals surface area contributed by atoms with E-state index in [-0.39, 0.29) is 18.3 Å². The minimum Gasteiger partial charge on any atom is -0.491 e. The van der Waals surface area contributed by atoms with Gasteiger partial charge in [-0.1, -0.05) is 12.1 Å². The molecular formula is C18H26ClN3O3S. The maximum absolute atomic E-state index is 12.3. The number of nitrogens with zero attached hydrogens (tertiary/aromatic N) is 1. The molecule has 1 amide bonds. The highest BCUT2D eigenvalue weighted by Crippen LogP contribution is 2.20. The Morgan fingerprint density at radius 2 is 2.15 bits per heavy atom. The number of ether oxygens (including phenoxy) is 2. The summed E-state index contributed by atoms with van der Waals surface area (Å²) in [5, 5.41) is 5.53. The Morgan fingerprint density at radius 3 is 2.88 bits per heavy atom. The predicted molar refractivity (Wildman–Crippen MR) is 106 cm³/mol. The van der Waals surface area contributed by atoms with Crippen LogP contribution in [0.1, 0.15) is 33.5 Å². The molecule has 0 radical (unpaired) electrons. The number of aryl methyl sites for hydroxylation is 1. The van der Waals surface area contributed by atoms with E-state index in [2.05, 4.69) is 10.3 Å². The molecular weight excluding hydrogens is 374 g/mol. The average Bonchev–Trinajstić information content (AvgIpc) is 3.07. The molecule has 0 fully saturated rings. The molecule has 0 aliphatic heterocycles. The molecule has 2 aromatic rings. The van der Waals surface area contributed by atoms with Gasteiger partial charge in [0.2, 0.25) is 0 Å². The number of nitrogens with one attached hydrogen (secondary N) is 1. The van der Waals surface area contributed by atoms with Gasteiger partial charge in [-0.2, -0.15) is 0 Å². The standard InChI is InChI=1S/C18H25N3O3S.ClH/c1-3-23-8-9-24-16-10-13(2)4-5-14(16)11-20-18(22)15-12-25-17(21-15)6-7-19;/h4-5,10,12H,3,6-9,11,19H2,1-2H3,(H,20,22);1H. The Balaban J connectivity index is 0.00000338. The first-order chi connectivity index (χ1) is 12.1. The van der Waals surface area contributed by atoms with Crippen LogP contribution >= 0.6 is 23.7 Å². The van der Waals surface area contributed by atoms with Gasteiger partial charge in [0.05, 0.1) is 11.6 Å². The van der Waals surface area contributed by atoms with E-state index in [1.807, 2.05) is 32.0 Å². The lowest BCUT2D eigenvalue weighted by Crippen LogP contribution is -2.23. The van der Waals surface area contributed by atoms with Crippen molar-refractivity contribution >= 4 is 29.7 Å². The molecule has 26 heavy (non-hydrogen) atoms. The van der Waals surface area contributed by atoms with E-state index in [9.17, 15) is 4.79 Å². The van der Waals surface area contributed by atoms with E-state index >= 15 is 0 Å². The number of rotatable bonds is 10. The SMILES string of the molecule is CCOCCOc1cc(C)ccc1CNC(=O)c1csc(CCN)n1.Cl. The van der Waals surface area contributed by atoms with E-state index in [0.29, 0.717) is 45.0 Å². The van der Waals surface area contributed by atoms with E-state index < -0.39 is 0 Å². The summed E-state index contributed by atoms with van der Waals surface area (Å²) >= 11 is 1.45. The molecule has 1 aromatic heterocycles. The van der Waals surface area contributed by atoms with Crippen molar-refractivity contribution in [3.8, 4) is 5.75 Å². The van der Waals surface area contributed by atoms with Gasteiger partial charge in [-0.3, -0.25) is 4.79 Å². The van der Waals surface area contributed by atoms with E-state index in [1.165, 1.54) is 11.3 Å². The largest absolute Gasteiger partial charge is 0.491 e. The maximum Gasteiger partial charge on any atom is 0.271 e. The van der Waals surface area contributed by atoms with Gasteiger partial charge in [-0.25, -0.2) is 4.98 Å². The maximum atomic E-state index is 12.3. The minimum absolute atomic E-state index is 0. The summed E-state index contributed by atoms with van der Waals surface area (Å²) in [6, 6.07) is 5.93. The van der Waals surface area contributed by atoms with Crippen LogP contribution in [-0.2, 0) is 17.7 Å². The number of benzene rings is 1. The highest BCUT2D eigenvalue weighted by Gasteiger charge is 2.12. The van der Waals surface area contributed by atoms with Gasteiger partial charge in [0.1, 0.15) is 18.1 Å². The second kappa shape index (κ2) is 11.9. The molecule has 2 rings (SSSR count). The molecule has 8 heteroatoms. The normalized spacial score (nSPS) is 10.3. The zero-order valence-electron chi connectivity index (χ0n) is 15.1. The molecule has 3 N–H and O–H groups in total. The zero-order valence-corrected chi connectivity index (χ0v) is 16.8. The summed E-state index contributed by atoms with van der Waals surface area (Å²) < 4.78 is 11.1. The Labute approximate surface area is 164 Å². The molecule has 0 saturated heterocycles. The number of hydrogen-bond acceptors (Lipinski definition) is 6. The molecule has 0 saturated carbocycles. The molecule has 0 bridgehead atoms. The number of nitrogens with two attached hydrogens (primary N) is 1. The van der Waals surface area contributed by atoms with Crippen molar-refractivity contribution in [1.82, 2.24) is 10.3 Å². The Hall–Kier alpha value is -1.67. The third kappa shape index (κ3) is 6.92. The van der Waals surface area contributed by atoms with Crippen LogP contribution in [-0.4, -0.2) is 37.3 Å². The van der Waals surface area contributed by atoms with Gasteiger partial charge in [0, 0.05) is 30.5 Å². The van der Waals surface area contributed by atoms with Crippen LogP contribution in [0.2, 0.25) is 0 Å². The Bertz CT molecular complexity index is 694. The smallest absolute Gasteiger partial charge is 0.271 e. The minimum atomic E-state index is -0.194. The summed E-state index contributed by atoms with van der Waals surface area (Å²) in [5.74, 6) is 0.572. The molecule has 0 unspecified atom stereocenters. The number of amides is 1. The number of thiazole rings is 1. The van der Waals surface area contributed by atoms with Crippen LogP contribution in [0, 0.1) is 6.92 Å². The lowest BCUT2D eigenvalue weighted by atomic mass is 10.1. The average molecular weight is 400 g/mol. The fraction of sp³-hybridized carbons (Fsp3) is 0.444. The van der Waals surface area contributed by atoms with Crippen molar-refractivity contribution in [1.29, 1.82) is 0 Å². The second-order valence-corrected chi connectivity index (χ2v) is 6.45. The number of carbonyl (C=O) groups excluding carboxylic acids is 1. The molecule has 0 atom stereocenters. The Kier molecular flexibility index (Phi) is 10.2. The molecule has 6 nitrogen and oxygen atoms in total. The monoisotopic (exact) mass is 399 g/mol. The van der Waals surface area contributed by atoms with Crippen LogP contribution in [0.3, 0.4) is 0 Å². The summed E-state index contributed by atoms with van der Waals surface area (Å²) in [7, 11) is 0. The first kappa shape index (κ1) is 22.4. The molecule has 1 heterocycles. The molecule has 0 aliphatic rings. The van der Waals surface area contributed by atoms with Gasteiger partial charge in [0.25, 0.3) is 5.91 Å². The van der Waals surface area contributed by atoms with Crippen molar-refractivity contribution in [2.75, 3.05) is 26.4 Å². The van der Waals surface area contributed by atoms with E-state index in [1.54, 1.807) is 5.38 Å². The fourth-order valence-electron chi connectivity index (χ4n) is 2.22. The van der Waals surface area contributed by atoms with Crippen molar-refractivity contribution < 1.29 is 14.3 Å². The number of halogens is 1. The summed E-state index contributed by atoms with van der Waals surface area (Å²) in [6.45, 7) is 6.55. The third-order valence-electron chi connectivity index (χ3n) is 3.49. The van der Waals surface area contributed by atoms with Crippen LogP contribution < -0.4 is 15.8 Å². The zero-order chi connectivity index (χ0) is 18.1. The predicted octanol–water partition coefficient (Wildman–Crippen LogP) is 2.72. The van der Waals surface area contributed by atoms with Crippen LogP contribution in [0.15, 0.2) is 23.6 Å². The summed E-state index contributed by atoms with van der Waals surface area (Å²) in [5.41, 5.74) is 7.97. The van der Waals surface area contributed by atoms with Crippen molar-refractivity contribution in [3.63, 3.8) is 0 Å². The van der Waals surface area contributed by atoms with Gasteiger partial charge in [-0.05, 0) is 32.0 Å². The number of hydrogen-bond donors (Lipinski definition) is 2. The first-order valence-corrected chi connectivity index (χ1v) is 9.24. The highest BCUT2D eigenvalue weighted by molar-refractivity contribution is 7.09. The lowest BCUT2D eigenvalue weighted by molar-refractivity contribution is 0.0944. The first-order valence-electron chi connectivity index (χ1n) is 8.36. The fourth-order valence-corrected chi connectivity index (χ4v) is 3.01. The van der Waals surface area contributed by atoms with Crippen LogP contribution in [0.5, 0.6) is 5.75 Å². The topological polar surface area (TPSA) is 86.5 Å². The van der Waals surface area contributed by atoms with E-state index in [0.717, 1.165) is 21.9 Å². The highest BCUT2D eigenvalue weighted by atomic mass is 35.5. The number of carbonyl (C=O) groups is 1. The van der Waals surface area contributed by atoms with Gasteiger partial charge in [-0.15, -0.1) is 23.7 Å². The van der Waals surface area contributed by atoms with Crippen molar-refractivity contribution in [2.24, 2.45) is 5.73 Å². The van der Waals surface area contributed by atoms with Gasteiger partial charge < -0.3 is 20.5 Å². The summed E-state index contributed by atoms with van der Waals surface area (Å²) in [6.07, 6.45) is 0.688. The van der Waals surface area contributed by atoms with Crippen molar-refractivity contribution in [2.45, 2.75) is 26.8 Å². The van der Waals surface area contributed by atoms with Crippen molar-refractivity contribution in [3.05, 3.63) is 45.4 Å². The van der Waals surface area contributed by atoms with E-state index in [4.69, 9.17) is 15.2 Å². The quantitative estimate of drug-likeness (QED) is 0.600.